The van der Waals surface area contributed by atoms with E-state index in [0.29, 0.717) is 6.54 Å². The quantitative estimate of drug-likeness (QED) is 0.400. The third kappa shape index (κ3) is 6.64. The number of rotatable bonds is 5. The molecule has 0 fully saturated rings. The van der Waals surface area contributed by atoms with Gasteiger partial charge in [0, 0.05) is 23.5 Å². The number of hydrogen-bond acceptors (Lipinski definition) is 3. The second-order valence-corrected chi connectivity index (χ2v) is 6.71. The van der Waals surface area contributed by atoms with Crippen LogP contribution in [-0.2, 0) is 13.0 Å². The zero-order valence-corrected chi connectivity index (χ0v) is 17.4. The lowest BCUT2D eigenvalue weighted by Crippen LogP contribution is -2.37. The van der Waals surface area contributed by atoms with Crippen molar-refractivity contribution in [3.8, 4) is 0 Å². The summed E-state index contributed by atoms with van der Waals surface area (Å²) in [7, 11) is 1.77. The number of benzene rings is 1. The summed E-state index contributed by atoms with van der Waals surface area (Å²) in [4.78, 5) is 10.0. The molecule has 1 heterocycles. The van der Waals surface area contributed by atoms with Crippen molar-refractivity contribution < 1.29 is 0 Å². The summed E-state index contributed by atoms with van der Waals surface area (Å²) in [5.74, 6) is 0.785. The average molecular weight is 465 g/mol. The molecule has 0 bridgehead atoms. The molecule has 126 valence electrons. The molecule has 0 radical (unpaired) electrons. The van der Waals surface area contributed by atoms with Gasteiger partial charge in [0.2, 0.25) is 0 Å². The van der Waals surface area contributed by atoms with E-state index in [-0.39, 0.29) is 24.0 Å². The smallest absolute Gasteiger partial charge is 0.191 e. The van der Waals surface area contributed by atoms with E-state index in [4.69, 9.17) is 11.6 Å². The van der Waals surface area contributed by atoms with E-state index in [2.05, 4.69) is 33.6 Å². The van der Waals surface area contributed by atoms with Gasteiger partial charge in [-0.3, -0.25) is 4.99 Å². The van der Waals surface area contributed by atoms with Gasteiger partial charge in [0.05, 0.1) is 12.2 Å². The van der Waals surface area contributed by atoms with Crippen LogP contribution in [0.25, 0.3) is 0 Å². The van der Waals surface area contributed by atoms with Crippen LogP contribution >= 0.6 is 46.9 Å². The number of aryl methyl sites for hydroxylation is 2. The molecule has 23 heavy (non-hydrogen) atoms. The second-order valence-electron chi connectivity index (χ2n) is 4.98. The lowest BCUT2D eigenvalue weighted by atomic mass is 10.1. The van der Waals surface area contributed by atoms with E-state index in [0.717, 1.165) is 34.6 Å². The summed E-state index contributed by atoms with van der Waals surface area (Å²) in [5, 5.41) is 8.44. The Morgan fingerprint density at radius 3 is 2.70 bits per heavy atom. The highest BCUT2D eigenvalue weighted by atomic mass is 127. The Bertz CT molecular complexity index is 638. The Morgan fingerprint density at radius 1 is 1.30 bits per heavy atom. The molecule has 2 rings (SSSR count). The number of aliphatic imine (C=N–C) groups is 1. The molecular weight excluding hydrogens is 443 g/mol. The first-order valence-corrected chi connectivity index (χ1v) is 8.40. The first-order valence-electron chi connectivity index (χ1n) is 7.20. The Labute approximate surface area is 163 Å². The SMILES string of the molecule is CN=C(NCCc1cccc(Cl)c1)NCc1nc(C)c(C)s1.I. The Balaban J connectivity index is 0.00000264. The zero-order valence-electron chi connectivity index (χ0n) is 13.5. The van der Waals surface area contributed by atoms with E-state index in [1.807, 2.05) is 25.1 Å². The molecule has 0 saturated heterocycles. The van der Waals surface area contributed by atoms with Crippen molar-refractivity contribution in [3.05, 3.63) is 50.4 Å². The molecule has 4 nitrogen and oxygen atoms in total. The molecule has 1 aromatic heterocycles. The molecule has 0 aliphatic heterocycles. The predicted molar refractivity (Wildman–Crippen MR) is 110 cm³/mol. The van der Waals surface area contributed by atoms with Crippen LogP contribution in [0.15, 0.2) is 29.3 Å². The highest BCUT2D eigenvalue weighted by Crippen LogP contribution is 2.15. The van der Waals surface area contributed by atoms with Gasteiger partial charge in [0.25, 0.3) is 0 Å². The summed E-state index contributed by atoms with van der Waals surface area (Å²) >= 11 is 7.70. The second kappa shape index (κ2) is 10.1. The van der Waals surface area contributed by atoms with Crippen molar-refractivity contribution in [1.82, 2.24) is 15.6 Å². The molecule has 7 heteroatoms. The summed E-state index contributed by atoms with van der Waals surface area (Å²) < 4.78 is 0. The van der Waals surface area contributed by atoms with Crippen LogP contribution in [0.1, 0.15) is 21.1 Å². The molecule has 2 N–H and O–H groups in total. The van der Waals surface area contributed by atoms with E-state index >= 15 is 0 Å². The van der Waals surface area contributed by atoms with Crippen molar-refractivity contribution in [2.45, 2.75) is 26.8 Å². The van der Waals surface area contributed by atoms with Gasteiger partial charge in [-0.2, -0.15) is 0 Å². The predicted octanol–water partition coefficient (Wildman–Crippen LogP) is 3.94. The Hall–Kier alpha value is -0.860. The van der Waals surface area contributed by atoms with Crippen LogP contribution in [-0.4, -0.2) is 24.5 Å². The zero-order chi connectivity index (χ0) is 15.9. The van der Waals surface area contributed by atoms with Gasteiger partial charge in [-0.15, -0.1) is 35.3 Å². The Kier molecular flexibility index (Phi) is 8.86. The normalized spacial score (nSPS) is 11.0. The van der Waals surface area contributed by atoms with E-state index in [1.165, 1.54) is 10.4 Å². The van der Waals surface area contributed by atoms with Crippen LogP contribution in [0.5, 0.6) is 0 Å². The summed E-state index contributed by atoms with van der Waals surface area (Å²) in [6.07, 6.45) is 0.900. The molecule has 1 aromatic carbocycles. The van der Waals surface area contributed by atoms with Gasteiger partial charge in [0.15, 0.2) is 5.96 Å². The summed E-state index contributed by atoms with van der Waals surface area (Å²) in [6.45, 7) is 5.62. The lowest BCUT2D eigenvalue weighted by Gasteiger charge is -2.11. The molecule has 2 aromatic rings. The third-order valence-electron chi connectivity index (χ3n) is 3.30. The van der Waals surface area contributed by atoms with Gasteiger partial charge < -0.3 is 10.6 Å². The minimum Gasteiger partial charge on any atom is -0.356 e. The first kappa shape index (κ1) is 20.2. The minimum absolute atomic E-state index is 0. The van der Waals surface area contributed by atoms with Gasteiger partial charge in [-0.25, -0.2) is 4.98 Å². The molecule has 0 amide bonds. The van der Waals surface area contributed by atoms with Crippen molar-refractivity contribution in [1.29, 1.82) is 0 Å². The number of hydrogen-bond donors (Lipinski definition) is 2. The van der Waals surface area contributed by atoms with Crippen LogP contribution in [0, 0.1) is 13.8 Å². The first-order chi connectivity index (χ1) is 10.6. The Morgan fingerprint density at radius 2 is 2.09 bits per heavy atom. The number of thiazole rings is 1. The fourth-order valence-electron chi connectivity index (χ4n) is 2.01. The van der Waals surface area contributed by atoms with E-state index < -0.39 is 0 Å². The van der Waals surface area contributed by atoms with Crippen LogP contribution < -0.4 is 10.6 Å². The molecular formula is C16H22ClIN4S. The van der Waals surface area contributed by atoms with Crippen molar-refractivity contribution in [2.24, 2.45) is 4.99 Å². The third-order valence-corrected chi connectivity index (χ3v) is 4.61. The molecule has 0 saturated carbocycles. The standard InChI is InChI=1S/C16H21ClN4S.HI/c1-11-12(2)22-15(21-11)10-20-16(18-3)19-8-7-13-5-4-6-14(17)9-13;/h4-6,9H,7-8,10H2,1-3H3,(H2,18,19,20);1H. The highest BCUT2D eigenvalue weighted by molar-refractivity contribution is 14.0. The van der Waals surface area contributed by atoms with E-state index in [9.17, 15) is 0 Å². The fraction of sp³-hybridized carbons (Fsp3) is 0.375. The van der Waals surface area contributed by atoms with Gasteiger partial charge >= 0.3 is 0 Å². The maximum absolute atomic E-state index is 5.98. The maximum atomic E-state index is 5.98. The number of nitrogens with zero attached hydrogens (tertiary/aromatic N) is 2. The summed E-state index contributed by atoms with van der Waals surface area (Å²) in [5.41, 5.74) is 2.31. The monoisotopic (exact) mass is 464 g/mol. The molecule has 0 unspecified atom stereocenters. The highest BCUT2D eigenvalue weighted by Gasteiger charge is 2.04. The van der Waals surface area contributed by atoms with Gasteiger partial charge in [-0.05, 0) is 38.0 Å². The number of aromatic nitrogens is 1. The van der Waals surface area contributed by atoms with Crippen LogP contribution in [0.2, 0.25) is 5.02 Å². The summed E-state index contributed by atoms with van der Waals surface area (Å²) in [6, 6.07) is 7.92. The van der Waals surface area contributed by atoms with E-state index in [1.54, 1.807) is 18.4 Å². The fourth-order valence-corrected chi connectivity index (χ4v) is 3.10. The van der Waals surface area contributed by atoms with Crippen molar-refractivity contribution in [2.75, 3.05) is 13.6 Å². The van der Waals surface area contributed by atoms with Crippen molar-refractivity contribution in [3.63, 3.8) is 0 Å². The van der Waals surface area contributed by atoms with Crippen LogP contribution in [0.4, 0.5) is 0 Å². The topological polar surface area (TPSA) is 49.3 Å². The number of guanidine groups is 1. The molecule has 0 aliphatic rings. The largest absolute Gasteiger partial charge is 0.356 e. The number of halogens is 2. The van der Waals surface area contributed by atoms with Gasteiger partial charge in [-0.1, -0.05) is 23.7 Å². The van der Waals surface area contributed by atoms with Crippen molar-refractivity contribution >= 4 is 52.9 Å². The lowest BCUT2D eigenvalue weighted by molar-refractivity contribution is 0.790. The van der Waals surface area contributed by atoms with Gasteiger partial charge in [0.1, 0.15) is 5.01 Å². The average Bonchev–Trinajstić information content (AvgIpc) is 2.81. The number of nitrogens with one attached hydrogen (secondary N) is 2. The van der Waals surface area contributed by atoms with Crippen LogP contribution in [0.3, 0.4) is 0 Å². The molecule has 0 spiro atoms. The molecule has 0 aliphatic carbocycles. The maximum Gasteiger partial charge on any atom is 0.191 e. The molecule has 0 atom stereocenters. The minimum atomic E-state index is 0.